The number of rotatable bonds is 4. The standard InChI is InChI=1S/C29H28N4OS/c30-35-23-11-8-20(9-12-23)18-32-28(34)33-19-29(14-1-2-15-29)25-17-22(10-13-26(25)33)24-7-3-5-21-6-4-16-31-27(21)24/h3-13,16-17H,1-2,14-15,18-19,30H2,(H,32,34). The van der Waals surface area contributed by atoms with Crippen LogP contribution >= 0.6 is 11.9 Å². The summed E-state index contributed by atoms with van der Waals surface area (Å²) in [4.78, 5) is 21.0. The molecule has 1 aliphatic heterocycles. The van der Waals surface area contributed by atoms with Gasteiger partial charge in [0.25, 0.3) is 0 Å². The van der Waals surface area contributed by atoms with Crippen LogP contribution < -0.4 is 15.4 Å². The van der Waals surface area contributed by atoms with E-state index in [0.29, 0.717) is 6.54 Å². The molecule has 1 saturated carbocycles. The number of hydrogen-bond acceptors (Lipinski definition) is 4. The predicted octanol–water partition coefficient (Wildman–Crippen LogP) is 6.41. The fraction of sp³-hybridized carbons (Fsp3) is 0.241. The number of fused-ring (bicyclic) bond motifs is 3. The lowest BCUT2D eigenvalue weighted by Crippen LogP contribution is -2.41. The Kier molecular flexibility index (Phi) is 5.71. The first-order valence-corrected chi connectivity index (χ1v) is 13.0. The van der Waals surface area contributed by atoms with Crippen LogP contribution in [0, 0.1) is 0 Å². The molecular weight excluding hydrogens is 452 g/mol. The molecule has 5 nitrogen and oxygen atoms in total. The number of carbonyl (C=O) groups excluding carboxylic acids is 1. The van der Waals surface area contributed by atoms with Gasteiger partial charge in [-0.1, -0.05) is 55.3 Å². The van der Waals surface area contributed by atoms with E-state index in [1.54, 1.807) is 0 Å². The molecule has 2 amide bonds. The van der Waals surface area contributed by atoms with Crippen LogP contribution in [0.2, 0.25) is 0 Å². The molecule has 2 aliphatic rings. The molecule has 6 rings (SSSR count). The smallest absolute Gasteiger partial charge is 0.322 e. The fourth-order valence-corrected chi connectivity index (χ4v) is 6.09. The summed E-state index contributed by atoms with van der Waals surface area (Å²) in [6, 6.07) is 25.0. The first kappa shape index (κ1) is 22.1. The summed E-state index contributed by atoms with van der Waals surface area (Å²) < 4.78 is 0. The summed E-state index contributed by atoms with van der Waals surface area (Å²) in [5, 5.41) is 9.89. The third kappa shape index (κ3) is 3.97. The van der Waals surface area contributed by atoms with Crippen molar-refractivity contribution in [1.82, 2.24) is 10.3 Å². The average molecular weight is 481 g/mol. The Bertz CT molecular complexity index is 1390. The Labute approximate surface area is 209 Å². The van der Waals surface area contributed by atoms with Gasteiger partial charge in [-0.2, -0.15) is 0 Å². The molecule has 2 heterocycles. The second-order valence-corrected chi connectivity index (χ2v) is 10.3. The number of nitrogens with zero attached hydrogens (tertiary/aromatic N) is 2. The van der Waals surface area contributed by atoms with Crippen LogP contribution in [0.3, 0.4) is 0 Å². The van der Waals surface area contributed by atoms with Crippen LogP contribution in [-0.2, 0) is 12.0 Å². The van der Waals surface area contributed by atoms with Crippen LogP contribution in [-0.4, -0.2) is 17.6 Å². The highest BCUT2D eigenvalue weighted by molar-refractivity contribution is 7.97. The number of para-hydroxylation sites is 1. The number of nitrogens with one attached hydrogen (secondary N) is 1. The molecule has 0 unspecified atom stereocenters. The van der Waals surface area contributed by atoms with Gasteiger partial charge in [-0.3, -0.25) is 15.0 Å². The van der Waals surface area contributed by atoms with Crippen molar-refractivity contribution in [1.29, 1.82) is 0 Å². The average Bonchev–Trinajstić information content (AvgIpc) is 3.52. The second kappa shape index (κ2) is 9.02. The third-order valence-electron chi connectivity index (χ3n) is 7.57. The molecule has 0 saturated heterocycles. The van der Waals surface area contributed by atoms with E-state index in [-0.39, 0.29) is 11.4 Å². The number of anilines is 1. The van der Waals surface area contributed by atoms with E-state index in [9.17, 15) is 4.79 Å². The number of hydrogen-bond donors (Lipinski definition) is 2. The van der Waals surface area contributed by atoms with E-state index < -0.39 is 0 Å². The first-order valence-electron chi connectivity index (χ1n) is 12.2. The SMILES string of the molecule is NSc1ccc(CNC(=O)N2CC3(CCCC3)c3cc(-c4cccc5cccnc45)ccc32)cc1. The second-order valence-electron chi connectivity index (χ2n) is 9.61. The summed E-state index contributed by atoms with van der Waals surface area (Å²) in [7, 11) is 0. The van der Waals surface area contributed by atoms with E-state index in [0.717, 1.165) is 52.0 Å². The van der Waals surface area contributed by atoms with Crippen LogP contribution in [0.25, 0.3) is 22.0 Å². The van der Waals surface area contributed by atoms with Crippen molar-refractivity contribution in [3.8, 4) is 11.1 Å². The van der Waals surface area contributed by atoms with Crippen molar-refractivity contribution < 1.29 is 4.79 Å². The van der Waals surface area contributed by atoms with Crippen molar-refractivity contribution in [2.45, 2.75) is 42.5 Å². The predicted molar refractivity (Wildman–Crippen MR) is 143 cm³/mol. The van der Waals surface area contributed by atoms with E-state index >= 15 is 0 Å². The van der Waals surface area contributed by atoms with E-state index in [4.69, 9.17) is 5.14 Å². The van der Waals surface area contributed by atoms with E-state index in [2.05, 4.69) is 52.8 Å². The van der Waals surface area contributed by atoms with Gasteiger partial charge in [-0.05, 0) is 71.8 Å². The van der Waals surface area contributed by atoms with Crippen molar-refractivity contribution in [2.75, 3.05) is 11.4 Å². The molecule has 1 aliphatic carbocycles. The molecule has 0 atom stereocenters. The number of carbonyl (C=O) groups is 1. The van der Waals surface area contributed by atoms with Gasteiger partial charge in [0.2, 0.25) is 0 Å². The quantitative estimate of drug-likeness (QED) is 0.331. The van der Waals surface area contributed by atoms with Crippen LogP contribution in [0.4, 0.5) is 10.5 Å². The lowest BCUT2D eigenvalue weighted by atomic mass is 9.80. The van der Waals surface area contributed by atoms with Crippen molar-refractivity contribution in [3.05, 3.63) is 90.1 Å². The van der Waals surface area contributed by atoms with Gasteiger partial charge in [0.05, 0.1) is 5.52 Å². The Hall–Kier alpha value is -3.35. The van der Waals surface area contributed by atoms with Gasteiger partial charge >= 0.3 is 6.03 Å². The minimum Gasteiger partial charge on any atom is -0.334 e. The molecule has 0 radical (unpaired) electrons. The topological polar surface area (TPSA) is 71.2 Å². The maximum atomic E-state index is 13.4. The van der Waals surface area contributed by atoms with Crippen molar-refractivity contribution in [2.24, 2.45) is 5.14 Å². The molecule has 3 N–H and O–H groups in total. The highest BCUT2D eigenvalue weighted by Gasteiger charge is 2.46. The maximum Gasteiger partial charge on any atom is 0.322 e. The lowest BCUT2D eigenvalue weighted by Gasteiger charge is -2.25. The van der Waals surface area contributed by atoms with Crippen molar-refractivity contribution >= 4 is 34.6 Å². The Morgan fingerprint density at radius 1 is 1.03 bits per heavy atom. The summed E-state index contributed by atoms with van der Waals surface area (Å²) >= 11 is 1.23. The normalized spacial score (nSPS) is 16.1. The molecule has 6 heteroatoms. The number of nitrogens with two attached hydrogens (primary N) is 1. The summed E-state index contributed by atoms with van der Waals surface area (Å²) in [6.45, 7) is 1.24. The summed E-state index contributed by atoms with van der Waals surface area (Å²) in [5.74, 6) is 0. The molecule has 0 bridgehead atoms. The minimum absolute atomic E-state index is 0.0353. The fourth-order valence-electron chi connectivity index (χ4n) is 5.79. The van der Waals surface area contributed by atoms with Gasteiger partial charge in [0.1, 0.15) is 0 Å². The first-order chi connectivity index (χ1) is 17.2. The lowest BCUT2D eigenvalue weighted by molar-refractivity contribution is 0.245. The van der Waals surface area contributed by atoms with Gasteiger partial charge in [0, 0.05) is 46.2 Å². The largest absolute Gasteiger partial charge is 0.334 e. The van der Waals surface area contributed by atoms with Crippen LogP contribution in [0.15, 0.2) is 83.9 Å². The maximum absolute atomic E-state index is 13.4. The van der Waals surface area contributed by atoms with E-state index in [1.165, 1.54) is 35.9 Å². The molecule has 4 aromatic rings. The highest BCUT2D eigenvalue weighted by atomic mass is 32.2. The zero-order chi connectivity index (χ0) is 23.8. The van der Waals surface area contributed by atoms with Crippen LogP contribution in [0.1, 0.15) is 36.8 Å². The molecular formula is C29H28N4OS. The number of pyridine rings is 1. The van der Waals surface area contributed by atoms with Crippen LogP contribution in [0.5, 0.6) is 0 Å². The van der Waals surface area contributed by atoms with Crippen molar-refractivity contribution in [3.63, 3.8) is 0 Å². The van der Waals surface area contributed by atoms with Gasteiger partial charge in [-0.25, -0.2) is 4.79 Å². The molecule has 1 fully saturated rings. The third-order valence-corrected chi connectivity index (χ3v) is 8.12. The zero-order valence-electron chi connectivity index (χ0n) is 19.5. The monoisotopic (exact) mass is 480 g/mol. The number of benzene rings is 3. The van der Waals surface area contributed by atoms with Gasteiger partial charge in [-0.15, -0.1) is 0 Å². The summed E-state index contributed by atoms with van der Waals surface area (Å²) in [5.41, 5.74) is 6.77. The van der Waals surface area contributed by atoms with Gasteiger partial charge in [0.15, 0.2) is 0 Å². The molecule has 1 aromatic heterocycles. The Morgan fingerprint density at radius 3 is 2.63 bits per heavy atom. The van der Waals surface area contributed by atoms with Gasteiger partial charge < -0.3 is 5.32 Å². The molecule has 176 valence electrons. The summed E-state index contributed by atoms with van der Waals surface area (Å²) in [6.07, 6.45) is 6.52. The Morgan fingerprint density at radius 2 is 1.83 bits per heavy atom. The zero-order valence-corrected chi connectivity index (χ0v) is 20.4. The Balaban J connectivity index is 1.32. The molecule has 1 spiro atoms. The number of urea groups is 1. The number of amides is 2. The number of aromatic nitrogens is 1. The highest BCUT2D eigenvalue weighted by Crippen LogP contribution is 2.51. The molecule has 35 heavy (non-hydrogen) atoms. The van der Waals surface area contributed by atoms with E-state index in [1.807, 2.05) is 41.4 Å². The molecule has 3 aromatic carbocycles. The minimum atomic E-state index is -0.0353.